The van der Waals surface area contributed by atoms with Crippen molar-refractivity contribution in [3.63, 3.8) is 0 Å². The summed E-state index contributed by atoms with van der Waals surface area (Å²) in [6.07, 6.45) is 1.64. The number of hydrogen-bond acceptors (Lipinski definition) is 5. The number of nitrogens with zero attached hydrogens (tertiary/aromatic N) is 1. The zero-order valence-electron chi connectivity index (χ0n) is 15.1. The second kappa shape index (κ2) is 9.61. The Morgan fingerprint density at radius 3 is 2.57 bits per heavy atom. The highest BCUT2D eigenvalue weighted by molar-refractivity contribution is 6.76. The fourth-order valence-corrected chi connectivity index (χ4v) is 3.28. The number of ether oxygens (including phenoxy) is 2. The van der Waals surface area contributed by atoms with Gasteiger partial charge in [0.1, 0.15) is 0 Å². The van der Waals surface area contributed by atoms with E-state index in [2.05, 4.69) is 19.6 Å². The van der Waals surface area contributed by atoms with Crippen LogP contribution in [0.1, 0.15) is 19.3 Å². The van der Waals surface area contributed by atoms with Crippen molar-refractivity contribution in [2.45, 2.75) is 57.1 Å². The van der Waals surface area contributed by atoms with E-state index in [0.29, 0.717) is 12.5 Å². The van der Waals surface area contributed by atoms with Gasteiger partial charge in [-0.25, -0.2) is 4.79 Å². The van der Waals surface area contributed by atoms with Crippen LogP contribution in [0.25, 0.3) is 0 Å². The van der Waals surface area contributed by atoms with E-state index in [1.807, 2.05) is 0 Å². The Morgan fingerprint density at radius 1 is 1.39 bits per heavy atom. The standard InChI is InChI=1S/C16H34N2O4Si/c1-18(16(20)22-9-10-23(2,3)4)12-15(19)14(17)11-13-5-7-21-8-6-13/h13-15,19H,5-12,17H2,1-4H3/t14-,15+/m0/s1. The fraction of sp³-hybridized carbons (Fsp3) is 0.938. The van der Waals surface area contributed by atoms with Gasteiger partial charge in [-0.1, -0.05) is 19.6 Å². The average molecular weight is 347 g/mol. The van der Waals surface area contributed by atoms with Crippen molar-refractivity contribution in [3.8, 4) is 0 Å². The van der Waals surface area contributed by atoms with Gasteiger partial charge in [-0.15, -0.1) is 0 Å². The quantitative estimate of drug-likeness (QED) is 0.656. The van der Waals surface area contributed by atoms with Crippen LogP contribution in [0.2, 0.25) is 25.7 Å². The summed E-state index contributed by atoms with van der Waals surface area (Å²) in [5.74, 6) is 0.502. The third-order valence-electron chi connectivity index (χ3n) is 4.29. The molecule has 0 bridgehead atoms. The average Bonchev–Trinajstić information content (AvgIpc) is 2.46. The number of likely N-dealkylation sites (N-methyl/N-ethyl adjacent to an activating group) is 1. The largest absolute Gasteiger partial charge is 0.450 e. The summed E-state index contributed by atoms with van der Waals surface area (Å²) in [5.41, 5.74) is 6.09. The number of carbonyl (C=O) groups is 1. The Labute approximate surface area is 141 Å². The molecule has 1 heterocycles. The topological polar surface area (TPSA) is 85.0 Å². The first-order valence-corrected chi connectivity index (χ1v) is 12.3. The zero-order chi connectivity index (χ0) is 17.5. The molecule has 3 N–H and O–H groups in total. The summed E-state index contributed by atoms with van der Waals surface area (Å²) in [6.45, 7) is 8.92. The molecule has 0 spiro atoms. The lowest BCUT2D eigenvalue weighted by atomic mass is 9.90. The minimum absolute atomic E-state index is 0.205. The highest BCUT2D eigenvalue weighted by Gasteiger charge is 2.24. The van der Waals surface area contributed by atoms with Gasteiger partial charge in [-0.2, -0.15) is 0 Å². The number of rotatable bonds is 8. The summed E-state index contributed by atoms with van der Waals surface area (Å²) in [6, 6.07) is 0.619. The van der Waals surface area contributed by atoms with E-state index in [9.17, 15) is 9.90 Å². The van der Waals surface area contributed by atoms with Crippen molar-refractivity contribution < 1.29 is 19.4 Å². The monoisotopic (exact) mass is 346 g/mol. The Bertz CT molecular complexity index is 356. The first-order valence-electron chi connectivity index (χ1n) is 8.58. The predicted molar refractivity (Wildman–Crippen MR) is 94.3 cm³/mol. The van der Waals surface area contributed by atoms with Gasteiger partial charge in [0.05, 0.1) is 19.3 Å². The molecule has 0 saturated carbocycles. The molecule has 2 atom stereocenters. The lowest BCUT2D eigenvalue weighted by Gasteiger charge is -2.29. The van der Waals surface area contributed by atoms with Gasteiger partial charge < -0.3 is 25.2 Å². The number of amides is 1. The highest BCUT2D eigenvalue weighted by Crippen LogP contribution is 2.20. The predicted octanol–water partition coefficient (Wildman–Crippen LogP) is 1.90. The van der Waals surface area contributed by atoms with E-state index in [0.717, 1.165) is 38.5 Å². The van der Waals surface area contributed by atoms with E-state index < -0.39 is 14.2 Å². The van der Waals surface area contributed by atoms with E-state index in [1.54, 1.807) is 7.05 Å². The summed E-state index contributed by atoms with van der Waals surface area (Å²) in [7, 11) is 0.431. The third-order valence-corrected chi connectivity index (χ3v) is 5.99. The molecule has 1 fully saturated rings. The molecule has 0 aliphatic carbocycles. The Balaban J connectivity index is 2.27. The van der Waals surface area contributed by atoms with E-state index >= 15 is 0 Å². The lowest BCUT2D eigenvalue weighted by Crippen LogP contribution is -2.45. The molecular formula is C16H34N2O4Si. The second-order valence-corrected chi connectivity index (χ2v) is 13.4. The van der Waals surface area contributed by atoms with Crippen molar-refractivity contribution in [3.05, 3.63) is 0 Å². The van der Waals surface area contributed by atoms with E-state index in [4.69, 9.17) is 15.2 Å². The summed E-state index contributed by atoms with van der Waals surface area (Å²) in [5, 5.41) is 10.2. The van der Waals surface area contributed by atoms with Crippen LogP contribution in [0.15, 0.2) is 0 Å². The molecule has 1 aliphatic rings. The van der Waals surface area contributed by atoms with Crippen LogP contribution in [0.3, 0.4) is 0 Å². The third kappa shape index (κ3) is 8.69. The number of nitrogens with two attached hydrogens (primary N) is 1. The van der Waals surface area contributed by atoms with Crippen molar-refractivity contribution in [1.82, 2.24) is 4.90 Å². The minimum atomic E-state index is -1.21. The van der Waals surface area contributed by atoms with Gasteiger partial charge in [-0.3, -0.25) is 0 Å². The molecule has 136 valence electrons. The maximum absolute atomic E-state index is 11.9. The van der Waals surface area contributed by atoms with Gasteiger partial charge in [-0.05, 0) is 31.2 Å². The lowest BCUT2D eigenvalue weighted by molar-refractivity contribution is 0.0445. The molecule has 0 radical (unpaired) electrons. The SMILES string of the molecule is CN(C[C@@H](O)[C@@H](N)CC1CCOCC1)C(=O)OCC[Si](C)(C)C. The van der Waals surface area contributed by atoms with Gasteiger partial charge in [0.25, 0.3) is 0 Å². The van der Waals surface area contributed by atoms with Crippen LogP contribution in [0, 0.1) is 5.92 Å². The first kappa shape index (κ1) is 20.4. The second-order valence-electron chi connectivity index (χ2n) is 7.83. The molecule has 1 aliphatic heterocycles. The van der Waals surface area contributed by atoms with Gasteiger partial charge in [0.2, 0.25) is 0 Å². The van der Waals surface area contributed by atoms with Gasteiger partial charge in [0, 0.05) is 34.4 Å². The minimum Gasteiger partial charge on any atom is -0.450 e. The van der Waals surface area contributed by atoms with Crippen LogP contribution in [0.5, 0.6) is 0 Å². The van der Waals surface area contributed by atoms with Crippen LogP contribution in [-0.4, -0.2) is 69.7 Å². The zero-order valence-corrected chi connectivity index (χ0v) is 16.1. The Kier molecular flexibility index (Phi) is 8.53. The summed E-state index contributed by atoms with van der Waals surface area (Å²) >= 11 is 0. The first-order chi connectivity index (χ1) is 10.7. The van der Waals surface area contributed by atoms with Crippen molar-refractivity contribution in [2.24, 2.45) is 11.7 Å². The van der Waals surface area contributed by atoms with Crippen LogP contribution in [-0.2, 0) is 9.47 Å². The molecule has 0 aromatic rings. The summed E-state index contributed by atoms with van der Waals surface area (Å²) in [4.78, 5) is 13.3. The molecule has 0 aromatic carbocycles. The smallest absolute Gasteiger partial charge is 0.409 e. The summed E-state index contributed by atoms with van der Waals surface area (Å²) < 4.78 is 10.6. The molecular weight excluding hydrogens is 312 g/mol. The van der Waals surface area contributed by atoms with Crippen LogP contribution < -0.4 is 5.73 Å². The highest BCUT2D eigenvalue weighted by atomic mass is 28.3. The molecule has 1 saturated heterocycles. The fourth-order valence-electron chi connectivity index (χ4n) is 2.57. The maximum atomic E-state index is 11.9. The van der Waals surface area contributed by atoms with E-state index in [1.165, 1.54) is 4.90 Å². The molecule has 0 aromatic heterocycles. The van der Waals surface area contributed by atoms with Crippen molar-refractivity contribution >= 4 is 14.2 Å². The van der Waals surface area contributed by atoms with Gasteiger partial charge in [0.15, 0.2) is 0 Å². The molecule has 1 rings (SSSR count). The molecule has 1 amide bonds. The number of aliphatic hydroxyl groups excluding tert-OH is 1. The number of carbonyl (C=O) groups excluding carboxylic acids is 1. The van der Waals surface area contributed by atoms with Gasteiger partial charge >= 0.3 is 6.09 Å². The molecule has 23 heavy (non-hydrogen) atoms. The van der Waals surface area contributed by atoms with E-state index in [-0.39, 0.29) is 18.7 Å². The Hall–Kier alpha value is -0.633. The Morgan fingerprint density at radius 2 is 2.00 bits per heavy atom. The maximum Gasteiger partial charge on any atom is 0.409 e. The van der Waals surface area contributed by atoms with Crippen LogP contribution >= 0.6 is 0 Å². The number of hydrogen-bond donors (Lipinski definition) is 2. The molecule has 0 unspecified atom stereocenters. The molecule has 6 nitrogen and oxygen atoms in total. The van der Waals surface area contributed by atoms with Crippen molar-refractivity contribution in [1.29, 1.82) is 0 Å². The normalized spacial score (nSPS) is 19.2. The van der Waals surface area contributed by atoms with Crippen LogP contribution in [0.4, 0.5) is 4.79 Å². The van der Waals surface area contributed by atoms with Crippen molar-refractivity contribution in [2.75, 3.05) is 33.4 Å². The molecule has 7 heteroatoms. The number of aliphatic hydroxyl groups is 1.